The van der Waals surface area contributed by atoms with Crippen molar-refractivity contribution in [3.05, 3.63) is 301 Å². The van der Waals surface area contributed by atoms with Gasteiger partial charge in [0.1, 0.15) is 5.69 Å². The number of rotatable bonds is 11. The molecule has 5 heterocycles. The number of aliphatic imine (C=N–C) groups is 1. The van der Waals surface area contributed by atoms with Gasteiger partial charge < -0.3 is 10.6 Å². The molecule has 0 saturated carbocycles. The molecular formula is C73H51N7S2. The lowest BCUT2D eigenvalue weighted by Crippen LogP contribution is -2.30. The number of thioether (sulfide) groups is 1. The predicted octanol–water partition coefficient (Wildman–Crippen LogP) is 17.7. The van der Waals surface area contributed by atoms with Crippen LogP contribution in [0, 0.1) is 0 Å². The highest BCUT2D eigenvalue weighted by Crippen LogP contribution is 2.52. The van der Waals surface area contributed by atoms with Crippen LogP contribution in [0.15, 0.2) is 277 Å². The molecule has 9 heteroatoms. The highest BCUT2D eigenvalue weighted by Gasteiger charge is 2.41. The number of benzene rings is 8. The van der Waals surface area contributed by atoms with Crippen LogP contribution in [-0.2, 0) is 0 Å². The third-order valence-electron chi connectivity index (χ3n) is 15.9. The number of thiophene rings is 1. The van der Waals surface area contributed by atoms with E-state index < -0.39 is 0 Å². The zero-order valence-electron chi connectivity index (χ0n) is 44.4. The predicted molar refractivity (Wildman–Crippen MR) is 342 cm³/mol. The summed E-state index contributed by atoms with van der Waals surface area (Å²) < 4.78 is 2.57. The lowest BCUT2D eigenvalue weighted by molar-refractivity contribution is 0.731. The number of allylic oxidation sites excluding steroid dienone is 6. The maximum absolute atomic E-state index is 6.86. The maximum Gasteiger partial charge on any atom is 0.231 e. The molecule has 0 amide bonds. The van der Waals surface area contributed by atoms with Gasteiger partial charge in [-0.2, -0.15) is 0 Å². The molecule has 7 nitrogen and oxygen atoms in total. The van der Waals surface area contributed by atoms with Crippen molar-refractivity contribution in [2.45, 2.75) is 28.0 Å². The summed E-state index contributed by atoms with van der Waals surface area (Å²) in [7, 11) is 0. The molecule has 0 spiro atoms. The maximum atomic E-state index is 6.86. The Morgan fingerprint density at radius 2 is 1.18 bits per heavy atom. The number of anilines is 2. The third-order valence-corrected chi connectivity index (χ3v) is 18.4. The SMILES string of the molecule is C=C(/N=C(\C=C(/N)c1ccccc1)c1ccccc1)c1cc(-c2nc(-c3ccccc3)cc(-c3ccccc3)n2)nc(N2c3ccc(-c4ccc5c(c4)C4C=CC=CC4S5)cc3C3C=C(c4ccc5sc6ccccc6c5c4)C=CC32)n1. The van der Waals surface area contributed by atoms with E-state index in [0.29, 0.717) is 51.4 Å². The summed E-state index contributed by atoms with van der Waals surface area (Å²) in [5.74, 6) is 1.21. The van der Waals surface area contributed by atoms with Crippen molar-refractivity contribution in [2.75, 3.05) is 4.90 Å². The van der Waals surface area contributed by atoms with E-state index in [9.17, 15) is 0 Å². The smallest absolute Gasteiger partial charge is 0.231 e. The Balaban J connectivity index is 0.914. The minimum Gasteiger partial charge on any atom is -0.398 e. The fourth-order valence-corrected chi connectivity index (χ4v) is 14.3. The minimum absolute atomic E-state index is 0.0688. The lowest BCUT2D eigenvalue weighted by atomic mass is 9.85. The van der Waals surface area contributed by atoms with Gasteiger partial charge in [-0.1, -0.05) is 207 Å². The lowest BCUT2D eigenvalue weighted by Gasteiger charge is -2.28. The molecule has 4 aliphatic rings. The molecule has 2 N–H and O–H groups in total. The fourth-order valence-electron chi connectivity index (χ4n) is 11.9. The molecule has 2 aliphatic heterocycles. The van der Waals surface area contributed by atoms with Gasteiger partial charge in [0.2, 0.25) is 5.95 Å². The fraction of sp³-hybridized carbons (Fsp3) is 0.0548. The average Bonchev–Trinajstić information content (AvgIpc) is 4.42. The second kappa shape index (κ2) is 20.7. The van der Waals surface area contributed by atoms with Crippen LogP contribution in [0.1, 0.15) is 45.3 Å². The van der Waals surface area contributed by atoms with Gasteiger partial charge in [-0.3, -0.25) is 0 Å². The molecule has 4 atom stereocenters. The summed E-state index contributed by atoms with van der Waals surface area (Å²) in [5.41, 5.74) is 23.1. The zero-order chi connectivity index (χ0) is 54.7. The van der Waals surface area contributed by atoms with E-state index in [4.69, 9.17) is 30.7 Å². The van der Waals surface area contributed by atoms with Crippen LogP contribution >= 0.6 is 23.1 Å². The van der Waals surface area contributed by atoms with Gasteiger partial charge in [0.15, 0.2) is 5.82 Å². The van der Waals surface area contributed by atoms with Crippen molar-refractivity contribution >= 4 is 77.6 Å². The minimum atomic E-state index is -0.194. The van der Waals surface area contributed by atoms with Gasteiger partial charge in [0.25, 0.3) is 0 Å². The number of hydrogen-bond acceptors (Lipinski definition) is 9. The number of aromatic nitrogens is 4. The molecular weight excluding hydrogens is 1040 g/mol. The number of nitrogens with two attached hydrogens (primary N) is 1. The van der Waals surface area contributed by atoms with Gasteiger partial charge >= 0.3 is 0 Å². The van der Waals surface area contributed by atoms with Crippen molar-refractivity contribution in [2.24, 2.45) is 10.7 Å². The van der Waals surface area contributed by atoms with Crippen LogP contribution in [0.5, 0.6) is 0 Å². The third kappa shape index (κ3) is 9.10. The monoisotopic (exact) mass is 1090 g/mol. The molecule has 2 aliphatic carbocycles. The molecule has 0 fully saturated rings. The molecule has 8 aromatic carbocycles. The Morgan fingerprint density at radius 1 is 0.537 bits per heavy atom. The first-order chi connectivity index (χ1) is 40.4. The van der Waals surface area contributed by atoms with Crippen LogP contribution in [0.4, 0.5) is 11.6 Å². The Labute approximate surface area is 484 Å². The second-order valence-electron chi connectivity index (χ2n) is 21.0. The molecule has 390 valence electrons. The summed E-state index contributed by atoms with van der Waals surface area (Å²) in [4.78, 5) is 30.6. The number of nitrogens with zero attached hydrogens (tertiary/aromatic N) is 6. The van der Waals surface area contributed by atoms with E-state index >= 15 is 0 Å². The van der Waals surface area contributed by atoms with Crippen molar-refractivity contribution in [3.8, 4) is 45.2 Å². The molecule has 3 aromatic heterocycles. The van der Waals surface area contributed by atoms with Crippen LogP contribution < -0.4 is 10.6 Å². The van der Waals surface area contributed by atoms with E-state index in [1.807, 2.05) is 138 Å². The molecule has 0 radical (unpaired) electrons. The van der Waals surface area contributed by atoms with Gasteiger partial charge in [0, 0.05) is 70.2 Å². The summed E-state index contributed by atoms with van der Waals surface area (Å²) in [5, 5.41) is 2.97. The summed E-state index contributed by atoms with van der Waals surface area (Å²) in [6, 6.07) is 73.8. The second-order valence-corrected chi connectivity index (χ2v) is 23.3. The number of fused-ring (bicyclic) bond motifs is 9. The van der Waals surface area contributed by atoms with E-state index in [2.05, 4.69) is 157 Å². The summed E-state index contributed by atoms with van der Waals surface area (Å²) in [6.45, 7) is 4.66. The summed E-state index contributed by atoms with van der Waals surface area (Å²) >= 11 is 3.80. The largest absolute Gasteiger partial charge is 0.398 e. The van der Waals surface area contributed by atoms with Crippen molar-refractivity contribution in [1.29, 1.82) is 0 Å². The topological polar surface area (TPSA) is 93.2 Å². The van der Waals surface area contributed by atoms with Crippen molar-refractivity contribution in [3.63, 3.8) is 0 Å². The Hall–Kier alpha value is -9.80. The van der Waals surface area contributed by atoms with Gasteiger partial charge in [-0.25, -0.2) is 24.9 Å². The highest BCUT2D eigenvalue weighted by molar-refractivity contribution is 8.00. The Bertz CT molecular complexity index is 4480. The summed E-state index contributed by atoms with van der Waals surface area (Å²) in [6.07, 6.45) is 18.0. The molecule has 4 unspecified atom stereocenters. The van der Waals surface area contributed by atoms with Crippen molar-refractivity contribution < 1.29 is 0 Å². The first kappa shape index (κ1) is 49.3. The van der Waals surface area contributed by atoms with E-state index in [-0.39, 0.29) is 12.0 Å². The van der Waals surface area contributed by atoms with Gasteiger partial charge in [-0.05, 0) is 99.6 Å². The first-order valence-corrected chi connectivity index (χ1v) is 29.3. The van der Waals surface area contributed by atoms with Crippen LogP contribution in [0.3, 0.4) is 0 Å². The standard InChI is InChI=1S/C73H51N7S2/c1-45(75-62(47-20-8-3-9-21-47)42-60(74)46-18-6-2-7-19-46)61-43-65(72-76-63(48-22-10-4-11-23-48)44-64(77-72)49-24-12-5-13-25-49)79-73(78-61)80-66-34-30-50(52-32-36-70-58(40-52)54-26-14-16-28-68(54)81-70)38-56(66)57-39-51(31-35-67(57)80)53-33-37-71-59(41-53)55-27-15-17-29-69(55)82-71/h2-44,54,57,67-68H,1,74H2/b60-42-,75-62+. The average molecular weight is 1090 g/mol. The van der Waals surface area contributed by atoms with E-state index in [1.54, 1.807) is 0 Å². The van der Waals surface area contributed by atoms with Crippen molar-refractivity contribution in [1.82, 2.24) is 19.9 Å². The first-order valence-electron chi connectivity index (χ1n) is 27.6. The van der Waals surface area contributed by atoms with Crippen LogP contribution in [0.2, 0.25) is 0 Å². The normalized spacial score (nSPS) is 17.9. The molecule has 0 bridgehead atoms. The zero-order valence-corrected chi connectivity index (χ0v) is 46.1. The Morgan fingerprint density at radius 3 is 1.94 bits per heavy atom. The Kier molecular flexibility index (Phi) is 12.4. The molecule has 82 heavy (non-hydrogen) atoms. The van der Waals surface area contributed by atoms with Crippen LogP contribution in [0.25, 0.3) is 82.3 Å². The molecule has 15 rings (SSSR count). The quantitative estimate of drug-likeness (QED) is 0.129. The van der Waals surface area contributed by atoms with Crippen LogP contribution in [-0.4, -0.2) is 36.9 Å². The highest BCUT2D eigenvalue weighted by atomic mass is 32.2. The van der Waals surface area contributed by atoms with E-state index in [1.165, 1.54) is 52.9 Å². The molecule has 11 aromatic rings. The van der Waals surface area contributed by atoms with Gasteiger partial charge in [0.05, 0.1) is 34.5 Å². The van der Waals surface area contributed by atoms with E-state index in [0.717, 1.165) is 44.9 Å². The number of hydrogen-bond donors (Lipinski definition) is 1. The molecule has 0 saturated heterocycles. The van der Waals surface area contributed by atoms with Gasteiger partial charge in [-0.15, -0.1) is 23.1 Å².